The summed E-state index contributed by atoms with van der Waals surface area (Å²) in [5.41, 5.74) is 8.74. The Balaban J connectivity index is 1.23. The zero-order valence-corrected chi connectivity index (χ0v) is 22.6. The summed E-state index contributed by atoms with van der Waals surface area (Å²) >= 11 is 0. The van der Waals surface area contributed by atoms with Gasteiger partial charge in [0.25, 0.3) is 0 Å². The van der Waals surface area contributed by atoms with Gasteiger partial charge in [-0.25, -0.2) is 14.8 Å². The zero-order chi connectivity index (χ0) is 27.1. The Kier molecular flexibility index (Phi) is 9.54. The number of rotatable bonds is 12. The van der Waals surface area contributed by atoms with Gasteiger partial charge in [0.2, 0.25) is 0 Å². The lowest BCUT2D eigenvalue weighted by molar-refractivity contribution is -0.0373. The molecule has 0 radical (unpaired) electrons. The maximum absolute atomic E-state index is 12.3. The molecule has 10 nitrogen and oxygen atoms in total. The third kappa shape index (κ3) is 7.00. The summed E-state index contributed by atoms with van der Waals surface area (Å²) in [4.78, 5) is 23.0. The minimum Gasteiger partial charge on any atom is -0.390 e. The second-order valence-electron chi connectivity index (χ2n) is 10.3. The Labute approximate surface area is 224 Å². The Morgan fingerprint density at radius 2 is 2.03 bits per heavy atom. The second kappa shape index (κ2) is 13.0. The van der Waals surface area contributed by atoms with Crippen LogP contribution in [-0.4, -0.2) is 68.5 Å². The number of anilines is 2. The highest BCUT2D eigenvalue weighted by Gasteiger charge is 2.36. The number of aryl methyl sites for hydroxylation is 1. The van der Waals surface area contributed by atoms with E-state index in [-0.39, 0.29) is 24.4 Å². The van der Waals surface area contributed by atoms with Crippen LogP contribution in [0.15, 0.2) is 42.9 Å². The van der Waals surface area contributed by atoms with Crippen LogP contribution < -0.4 is 16.4 Å². The summed E-state index contributed by atoms with van der Waals surface area (Å²) in [5.74, 6) is 0.428. The van der Waals surface area contributed by atoms with E-state index in [0.29, 0.717) is 31.0 Å². The summed E-state index contributed by atoms with van der Waals surface area (Å²) in [6, 6.07) is 9.97. The highest BCUT2D eigenvalue weighted by Crippen LogP contribution is 2.32. The topological polar surface area (TPSA) is 131 Å². The van der Waals surface area contributed by atoms with E-state index in [1.807, 2.05) is 29.0 Å². The summed E-state index contributed by atoms with van der Waals surface area (Å²) in [6.07, 6.45) is 6.76. The molecule has 1 fully saturated rings. The van der Waals surface area contributed by atoms with Gasteiger partial charge in [0.1, 0.15) is 24.0 Å². The van der Waals surface area contributed by atoms with Crippen LogP contribution in [0.1, 0.15) is 58.2 Å². The smallest absolute Gasteiger partial charge is 0.319 e. The van der Waals surface area contributed by atoms with Gasteiger partial charge in [0.15, 0.2) is 0 Å². The van der Waals surface area contributed by atoms with E-state index >= 15 is 0 Å². The molecule has 10 heteroatoms. The molecule has 2 unspecified atom stereocenters. The molecule has 0 bridgehead atoms. The fraction of sp³-hybridized carbons (Fsp3) is 0.536. The average Bonchev–Trinajstić information content (AvgIpc) is 3.49. The number of nitrogens with one attached hydrogen (secondary N) is 2. The Bertz CT molecular complexity index is 1180. The second-order valence-corrected chi connectivity index (χ2v) is 10.3. The van der Waals surface area contributed by atoms with E-state index in [1.54, 1.807) is 0 Å². The van der Waals surface area contributed by atoms with E-state index in [2.05, 4.69) is 58.4 Å². The minimum absolute atomic E-state index is 0.205. The number of unbranched alkanes of at least 4 members (excludes halogenated alkanes) is 1. The van der Waals surface area contributed by atoms with Crippen LogP contribution in [0.2, 0.25) is 0 Å². The summed E-state index contributed by atoms with van der Waals surface area (Å²) < 4.78 is 8.19. The average molecular weight is 524 g/mol. The van der Waals surface area contributed by atoms with Crippen molar-refractivity contribution < 1.29 is 14.6 Å². The monoisotopic (exact) mass is 523 g/mol. The van der Waals surface area contributed by atoms with Crippen LogP contribution in [-0.2, 0) is 11.2 Å². The number of carbonyl (C=O) groups is 1. The molecule has 1 aliphatic rings. The third-order valence-corrected chi connectivity index (χ3v) is 7.14. The molecule has 0 saturated carbocycles. The number of carbonyl (C=O) groups excluding carboxylic acids is 1. The van der Waals surface area contributed by atoms with Crippen molar-refractivity contribution in [2.24, 2.45) is 0 Å². The van der Waals surface area contributed by atoms with Gasteiger partial charge in [-0.2, -0.15) is 0 Å². The highest BCUT2D eigenvalue weighted by molar-refractivity contribution is 5.89. The van der Waals surface area contributed by atoms with Crippen LogP contribution in [0.3, 0.4) is 0 Å². The van der Waals surface area contributed by atoms with E-state index in [1.165, 1.54) is 24.7 Å². The van der Waals surface area contributed by atoms with Gasteiger partial charge in [-0.3, -0.25) is 4.90 Å². The van der Waals surface area contributed by atoms with Gasteiger partial charge in [0.05, 0.1) is 17.6 Å². The normalized spacial score (nSPS) is 19.5. The van der Waals surface area contributed by atoms with Crippen molar-refractivity contribution in [3.05, 3.63) is 48.4 Å². The maximum Gasteiger partial charge on any atom is 0.319 e. The molecule has 5 N–H and O–H groups in total. The molecular weight excluding hydrogens is 482 g/mol. The van der Waals surface area contributed by atoms with Gasteiger partial charge in [0, 0.05) is 44.0 Å². The number of aromatic nitrogens is 3. The molecule has 0 aliphatic carbocycles. The number of ether oxygens (including phenoxy) is 1. The molecule has 2 amide bonds. The fourth-order valence-electron chi connectivity index (χ4n) is 4.86. The van der Waals surface area contributed by atoms with Crippen molar-refractivity contribution in [1.29, 1.82) is 0 Å². The molecule has 4 rings (SSSR count). The van der Waals surface area contributed by atoms with Gasteiger partial charge in [-0.1, -0.05) is 25.5 Å². The molecule has 1 aliphatic heterocycles. The van der Waals surface area contributed by atoms with Crippen LogP contribution in [0.25, 0.3) is 11.0 Å². The van der Waals surface area contributed by atoms with E-state index in [4.69, 9.17) is 10.5 Å². The first-order valence-electron chi connectivity index (χ1n) is 13.6. The lowest BCUT2D eigenvalue weighted by Gasteiger charge is -2.30. The predicted octanol–water partition coefficient (Wildman–Crippen LogP) is 3.93. The number of nitrogens with two attached hydrogens (primary N) is 1. The molecule has 3 atom stereocenters. The van der Waals surface area contributed by atoms with Gasteiger partial charge in [-0.15, -0.1) is 0 Å². The summed E-state index contributed by atoms with van der Waals surface area (Å²) in [6.45, 7) is 8.36. The van der Waals surface area contributed by atoms with Gasteiger partial charge >= 0.3 is 6.03 Å². The quantitative estimate of drug-likeness (QED) is 0.265. The number of amides is 2. The van der Waals surface area contributed by atoms with Crippen LogP contribution in [0.4, 0.5) is 16.3 Å². The van der Waals surface area contributed by atoms with Crippen molar-refractivity contribution in [3.63, 3.8) is 0 Å². The molecular formula is C28H41N7O3. The molecule has 2 aromatic heterocycles. The largest absolute Gasteiger partial charge is 0.390 e. The lowest BCUT2D eigenvalue weighted by atomic mass is 10.1. The lowest BCUT2D eigenvalue weighted by Crippen LogP contribution is -2.42. The maximum atomic E-state index is 12.3. The number of aliphatic hydroxyl groups excluding tert-OH is 1. The number of hydrogen-bond donors (Lipinski definition) is 4. The number of benzene rings is 1. The molecule has 206 valence electrons. The Morgan fingerprint density at radius 1 is 1.24 bits per heavy atom. The van der Waals surface area contributed by atoms with Gasteiger partial charge < -0.3 is 30.8 Å². The first-order valence-corrected chi connectivity index (χ1v) is 13.6. The predicted molar refractivity (Wildman–Crippen MR) is 150 cm³/mol. The number of urea groups is 1. The first-order chi connectivity index (χ1) is 18.4. The van der Waals surface area contributed by atoms with Crippen molar-refractivity contribution >= 4 is 28.6 Å². The molecule has 38 heavy (non-hydrogen) atoms. The molecule has 3 aromatic rings. The van der Waals surface area contributed by atoms with Crippen LogP contribution in [0.5, 0.6) is 0 Å². The van der Waals surface area contributed by atoms with E-state index < -0.39 is 6.10 Å². The first kappa shape index (κ1) is 27.8. The molecule has 3 heterocycles. The van der Waals surface area contributed by atoms with E-state index in [9.17, 15) is 9.90 Å². The standard InChI is InChI=1S/C28H41N7O3/c1-4-5-7-20-8-10-21(11-9-20)33-28(37)30-13-6-14-34(19(2)3)17-24-23(36)16-25(38-24)35-15-12-22-26(29)31-18-32-27(22)35/h8-12,15,18-19,23-25,36H,4-7,13-14,16-17H2,1-3H3,(H2,29,31,32)(H2,30,33,37)/t23?,24?,25-/m1/s1. The van der Waals surface area contributed by atoms with Crippen molar-refractivity contribution in [2.75, 3.05) is 30.7 Å². The third-order valence-electron chi connectivity index (χ3n) is 7.14. The van der Waals surface area contributed by atoms with Crippen molar-refractivity contribution in [2.45, 2.75) is 77.4 Å². The number of nitrogens with zero attached hydrogens (tertiary/aromatic N) is 4. The Hall–Kier alpha value is -3.21. The minimum atomic E-state index is -0.588. The van der Waals surface area contributed by atoms with E-state index in [0.717, 1.165) is 30.5 Å². The number of hydrogen-bond acceptors (Lipinski definition) is 7. The van der Waals surface area contributed by atoms with Crippen LogP contribution >= 0.6 is 0 Å². The van der Waals surface area contributed by atoms with Crippen LogP contribution in [0, 0.1) is 0 Å². The van der Waals surface area contributed by atoms with Crippen molar-refractivity contribution in [1.82, 2.24) is 24.8 Å². The number of fused-ring (bicyclic) bond motifs is 1. The summed E-state index contributed by atoms with van der Waals surface area (Å²) in [5, 5.41) is 17.4. The van der Waals surface area contributed by atoms with Crippen molar-refractivity contribution in [3.8, 4) is 0 Å². The Morgan fingerprint density at radius 3 is 2.76 bits per heavy atom. The number of aliphatic hydroxyl groups is 1. The summed E-state index contributed by atoms with van der Waals surface area (Å²) in [7, 11) is 0. The number of nitrogen functional groups attached to an aromatic ring is 1. The molecule has 1 aromatic carbocycles. The zero-order valence-electron chi connectivity index (χ0n) is 22.6. The molecule has 1 saturated heterocycles. The van der Waals surface area contributed by atoms with Gasteiger partial charge in [-0.05, 0) is 56.9 Å². The fourth-order valence-corrected chi connectivity index (χ4v) is 4.86. The highest BCUT2D eigenvalue weighted by atomic mass is 16.5. The molecule has 0 spiro atoms. The SMILES string of the molecule is CCCCc1ccc(NC(=O)NCCCN(CC2O[C@@H](n3ccc4c(N)ncnc43)CC2O)C(C)C)cc1.